The predicted molar refractivity (Wildman–Crippen MR) is 76.2 cm³/mol. The van der Waals surface area contributed by atoms with Crippen LogP contribution in [0.5, 0.6) is 5.75 Å². The molecule has 0 saturated carbocycles. The maximum Gasteiger partial charge on any atom is 0.212 e. The second-order valence-electron chi connectivity index (χ2n) is 5.73. The predicted octanol–water partition coefficient (Wildman–Crippen LogP) is 1.68. The standard InChI is InChI=1S/C14H21N5O/c1-14(2,3)15-9-11-6-5-7-12(8-11)20-10-13-16-18-19(4)17-13/h5-8,15H,9-10H2,1-4H3. The van der Waals surface area contributed by atoms with Crippen molar-refractivity contribution in [1.29, 1.82) is 0 Å². The number of aromatic nitrogens is 4. The average Bonchev–Trinajstić information content (AvgIpc) is 2.80. The molecule has 1 aromatic carbocycles. The van der Waals surface area contributed by atoms with Gasteiger partial charge in [0.1, 0.15) is 5.75 Å². The van der Waals surface area contributed by atoms with Crippen LogP contribution in [0.4, 0.5) is 0 Å². The van der Waals surface area contributed by atoms with Gasteiger partial charge in [-0.25, -0.2) is 0 Å². The van der Waals surface area contributed by atoms with Crippen molar-refractivity contribution in [3.05, 3.63) is 35.7 Å². The van der Waals surface area contributed by atoms with E-state index < -0.39 is 0 Å². The van der Waals surface area contributed by atoms with Crippen molar-refractivity contribution in [2.24, 2.45) is 7.05 Å². The zero-order valence-electron chi connectivity index (χ0n) is 12.4. The molecule has 0 atom stereocenters. The first-order valence-electron chi connectivity index (χ1n) is 6.62. The zero-order valence-corrected chi connectivity index (χ0v) is 12.4. The van der Waals surface area contributed by atoms with E-state index in [0.29, 0.717) is 12.4 Å². The van der Waals surface area contributed by atoms with Crippen LogP contribution >= 0.6 is 0 Å². The average molecular weight is 275 g/mol. The molecule has 1 N–H and O–H groups in total. The summed E-state index contributed by atoms with van der Waals surface area (Å²) in [6.45, 7) is 7.57. The van der Waals surface area contributed by atoms with Gasteiger partial charge in [-0.3, -0.25) is 0 Å². The van der Waals surface area contributed by atoms with Gasteiger partial charge in [0.2, 0.25) is 5.82 Å². The maximum atomic E-state index is 5.67. The molecule has 0 amide bonds. The summed E-state index contributed by atoms with van der Waals surface area (Å²) in [5.41, 5.74) is 1.28. The van der Waals surface area contributed by atoms with Crippen LogP contribution in [-0.2, 0) is 20.2 Å². The summed E-state index contributed by atoms with van der Waals surface area (Å²) >= 11 is 0. The molecule has 108 valence electrons. The van der Waals surface area contributed by atoms with Gasteiger partial charge in [-0.15, -0.1) is 10.2 Å². The molecule has 0 aliphatic carbocycles. The summed E-state index contributed by atoms with van der Waals surface area (Å²) in [4.78, 5) is 1.42. The third kappa shape index (κ3) is 4.62. The molecule has 0 radical (unpaired) electrons. The van der Waals surface area contributed by atoms with Crippen molar-refractivity contribution in [3.8, 4) is 5.75 Å². The molecular formula is C14H21N5O. The molecule has 0 bridgehead atoms. The smallest absolute Gasteiger partial charge is 0.212 e. The summed E-state index contributed by atoms with van der Waals surface area (Å²) in [5.74, 6) is 1.39. The number of tetrazole rings is 1. The zero-order chi connectivity index (χ0) is 14.6. The van der Waals surface area contributed by atoms with Crippen molar-refractivity contribution in [2.75, 3.05) is 0 Å². The lowest BCUT2D eigenvalue weighted by atomic mass is 10.1. The van der Waals surface area contributed by atoms with Crippen LogP contribution in [0.15, 0.2) is 24.3 Å². The van der Waals surface area contributed by atoms with Gasteiger partial charge in [0, 0.05) is 12.1 Å². The Morgan fingerprint density at radius 2 is 2.10 bits per heavy atom. The molecule has 20 heavy (non-hydrogen) atoms. The van der Waals surface area contributed by atoms with Crippen LogP contribution in [0.3, 0.4) is 0 Å². The fraction of sp³-hybridized carbons (Fsp3) is 0.500. The van der Waals surface area contributed by atoms with Crippen molar-refractivity contribution in [3.63, 3.8) is 0 Å². The van der Waals surface area contributed by atoms with E-state index in [1.807, 2.05) is 18.2 Å². The summed E-state index contributed by atoms with van der Waals surface area (Å²) < 4.78 is 5.67. The Balaban J connectivity index is 1.92. The van der Waals surface area contributed by atoms with E-state index in [-0.39, 0.29) is 5.54 Å². The van der Waals surface area contributed by atoms with Crippen molar-refractivity contribution >= 4 is 0 Å². The van der Waals surface area contributed by atoms with Crippen LogP contribution < -0.4 is 10.1 Å². The first-order chi connectivity index (χ1) is 9.42. The first-order valence-corrected chi connectivity index (χ1v) is 6.62. The molecular weight excluding hydrogens is 254 g/mol. The van der Waals surface area contributed by atoms with Gasteiger partial charge >= 0.3 is 0 Å². The second kappa shape index (κ2) is 6.00. The minimum Gasteiger partial charge on any atom is -0.485 e. The molecule has 0 unspecified atom stereocenters. The molecule has 6 heteroatoms. The highest BCUT2D eigenvalue weighted by molar-refractivity contribution is 5.28. The number of rotatable bonds is 5. The third-order valence-electron chi connectivity index (χ3n) is 2.64. The van der Waals surface area contributed by atoms with Gasteiger partial charge < -0.3 is 10.1 Å². The number of nitrogens with one attached hydrogen (secondary N) is 1. The highest BCUT2D eigenvalue weighted by atomic mass is 16.5. The number of hydrogen-bond acceptors (Lipinski definition) is 5. The first kappa shape index (κ1) is 14.5. The third-order valence-corrected chi connectivity index (χ3v) is 2.64. The highest BCUT2D eigenvalue weighted by Gasteiger charge is 2.08. The van der Waals surface area contributed by atoms with E-state index in [0.717, 1.165) is 12.3 Å². The van der Waals surface area contributed by atoms with Crippen LogP contribution in [-0.4, -0.2) is 25.7 Å². The Labute approximate surface area is 119 Å². The van der Waals surface area contributed by atoms with Gasteiger partial charge in [-0.2, -0.15) is 4.80 Å². The molecule has 2 aromatic rings. The summed E-state index contributed by atoms with van der Waals surface area (Å²) in [7, 11) is 1.73. The summed E-state index contributed by atoms with van der Waals surface area (Å²) in [5, 5.41) is 15.2. The van der Waals surface area contributed by atoms with Gasteiger partial charge in [0.15, 0.2) is 6.61 Å². The minimum absolute atomic E-state index is 0.0976. The largest absolute Gasteiger partial charge is 0.485 e. The SMILES string of the molecule is Cn1nnc(COc2cccc(CNC(C)(C)C)c2)n1. The van der Waals surface area contributed by atoms with E-state index in [9.17, 15) is 0 Å². The Kier molecular flexibility index (Phi) is 4.34. The monoisotopic (exact) mass is 275 g/mol. The van der Waals surface area contributed by atoms with Gasteiger partial charge in [0.05, 0.1) is 7.05 Å². The van der Waals surface area contributed by atoms with E-state index in [1.165, 1.54) is 10.4 Å². The van der Waals surface area contributed by atoms with Crippen LogP contribution in [0.25, 0.3) is 0 Å². The molecule has 0 saturated heterocycles. The fourth-order valence-electron chi connectivity index (χ4n) is 1.64. The Morgan fingerprint density at radius 3 is 2.75 bits per heavy atom. The lowest BCUT2D eigenvalue weighted by molar-refractivity contribution is 0.295. The number of nitrogens with zero attached hydrogens (tertiary/aromatic N) is 4. The van der Waals surface area contributed by atoms with E-state index in [1.54, 1.807) is 7.05 Å². The van der Waals surface area contributed by atoms with E-state index >= 15 is 0 Å². The highest BCUT2D eigenvalue weighted by Crippen LogP contribution is 2.15. The van der Waals surface area contributed by atoms with Gasteiger partial charge in [0.25, 0.3) is 0 Å². The molecule has 0 fully saturated rings. The van der Waals surface area contributed by atoms with E-state index in [2.05, 4.69) is 47.6 Å². The Morgan fingerprint density at radius 1 is 1.30 bits per heavy atom. The summed E-state index contributed by atoms with van der Waals surface area (Å²) in [6.07, 6.45) is 0. The van der Waals surface area contributed by atoms with Crippen molar-refractivity contribution in [1.82, 2.24) is 25.5 Å². The Bertz CT molecular complexity index is 559. The molecule has 0 spiro atoms. The van der Waals surface area contributed by atoms with Crippen molar-refractivity contribution in [2.45, 2.75) is 39.5 Å². The van der Waals surface area contributed by atoms with E-state index in [4.69, 9.17) is 4.74 Å². The molecule has 0 aliphatic rings. The number of aryl methyl sites for hydroxylation is 1. The molecule has 1 aromatic heterocycles. The van der Waals surface area contributed by atoms with Gasteiger partial charge in [-0.05, 0) is 43.7 Å². The van der Waals surface area contributed by atoms with Gasteiger partial charge in [-0.1, -0.05) is 12.1 Å². The lowest BCUT2D eigenvalue weighted by Gasteiger charge is -2.20. The number of hydrogen-bond donors (Lipinski definition) is 1. The molecule has 1 heterocycles. The van der Waals surface area contributed by atoms with Crippen molar-refractivity contribution < 1.29 is 4.74 Å². The molecule has 2 rings (SSSR count). The lowest BCUT2D eigenvalue weighted by Crippen LogP contribution is -2.35. The quantitative estimate of drug-likeness (QED) is 0.899. The van der Waals surface area contributed by atoms with Crippen LogP contribution in [0, 0.1) is 0 Å². The number of benzene rings is 1. The Hall–Kier alpha value is -1.95. The fourth-order valence-corrected chi connectivity index (χ4v) is 1.64. The second-order valence-corrected chi connectivity index (χ2v) is 5.73. The van der Waals surface area contributed by atoms with Crippen LogP contribution in [0.2, 0.25) is 0 Å². The van der Waals surface area contributed by atoms with Crippen LogP contribution in [0.1, 0.15) is 32.2 Å². The maximum absolute atomic E-state index is 5.67. The minimum atomic E-state index is 0.0976. The molecule has 0 aliphatic heterocycles. The summed E-state index contributed by atoms with van der Waals surface area (Å²) in [6, 6.07) is 8.01. The normalized spacial score (nSPS) is 11.6. The number of ether oxygens (including phenoxy) is 1. The molecule has 6 nitrogen and oxygen atoms in total. The topological polar surface area (TPSA) is 64.9 Å².